The van der Waals surface area contributed by atoms with Crippen LogP contribution in [0.15, 0.2) is 24.3 Å². The summed E-state index contributed by atoms with van der Waals surface area (Å²) >= 11 is 0. The Bertz CT molecular complexity index is 453. The third kappa shape index (κ3) is 2.20. The van der Waals surface area contributed by atoms with Crippen LogP contribution in [-0.2, 0) is 16.6 Å². The quantitative estimate of drug-likeness (QED) is 0.841. The lowest BCUT2D eigenvalue weighted by Crippen LogP contribution is -2.37. The van der Waals surface area contributed by atoms with E-state index in [4.69, 9.17) is 5.73 Å². The van der Waals surface area contributed by atoms with Crippen LogP contribution in [0, 0.1) is 0 Å². The van der Waals surface area contributed by atoms with E-state index in [1.54, 1.807) is 0 Å². The number of anilines is 1. The van der Waals surface area contributed by atoms with Crippen molar-refractivity contribution < 1.29 is 8.42 Å². The standard InChI is InChI=1S/C11H16N2O2S/c12-9-10-3-5-11(6-4-10)13-7-1-2-8-16(13,14)15/h3-6H,1-2,7-9,12H2. The molecule has 1 aliphatic rings. The van der Waals surface area contributed by atoms with Crippen LogP contribution in [0.25, 0.3) is 0 Å². The SMILES string of the molecule is NCc1ccc(N2CCCCS2(=O)=O)cc1. The van der Waals surface area contributed by atoms with Crippen LogP contribution in [0.2, 0.25) is 0 Å². The second-order valence-corrected chi connectivity index (χ2v) is 5.98. The van der Waals surface area contributed by atoms with Crippen molar-refractivity contribution in [2.24, 2.45) is 5.73 Å². The molecule has 0 aromatic heterocycles. The Kier molecular flexibility index (Phi) is 3.16. The molecule has 2 N–H and O–H groups in total. The van der Waals surface area contributed by atoms with Gasteiger partial charge in [-0.1, -0.05) is 12.1 Å². The lowest BCUT2D eigenvalue weighted by Gasteiger charge is -2.28. The van der Waals surface area contributed by atoms with Gasteiger partial charge in [-0.25, -0.2) is 8.42 Å². The maximum absolute atomic E-state index is 11.8. The van der Waals surface area contributed by atoms with Crippen molar-refractivity contribution in [1.29, 1.82) is 0 Å². The van der Waals surface area contributed by atoms with Crippen LogP contribution in [0.1, 0.15) is 18.4 Å². The number of nitrogens with zero attached hydrogens (tertiary/aromatic N) is 1. The summed E-state index contributed by atoms with van der Waals surface area (Å²) in [6.07, 6.45) is 1.69. The van der Waals surface area contributed by atoms with Crippen LogP contribution in [0.5, 0.6) is 0 Å². The Balaban J connectivity index is 2.28. The first-order valence-electron chi connectivity index (χ1n) is 5.43. The fourth-order valence-electron chi connectivity index (χ4n) is 1.88. The maximum Gasteiger partial charge on any atom is 0.235 e. The lowest BCUT2D eigenvalue weighted by molar-refractivity contribution is 0.574. The molecule has 4 nitrogen and oxygen atoms in total. The van der Waals surface area contributed by atoms with Crippen molar-refractivity contribution in [3.8, 4) is 0 Å². The molecule has 0 bridgehead atoms. The summed E-state index contributed by atoms with van der Waals surface area (Å²) in [6.45, 7) is 1.07. The number of sulfonamides is 1. The number of nitrogens with two attached hydrogens (primary N) is 1. The predicted molar refractivity (Wildman–Crippen MR) is 64.7 cm³/mol. The molecule has 0 radical (unpaired) electrons. The Hall–Kier alpha value is -1.07. The van der Waals surface area contributed by atoms with Gasteiger partial charge in [0.2, 0.25) is 10.0 Å². The van der Waals surface area contributed by atoms with E-state index in [9.17, 15) is 8.42 Å². The molecule has 88 valence electrons. The summed E-state index contributed by atoms with van der Waals surface area (Å²) in [6, 6.07) is 7.40. The van der Waals surface area contributed by atoms with Gasteiger partial charge in [-0.15, -0.1) is 0 Å². The molecule has 1 heterocycles. The third-order valence-corrected chi connectivity index (χ3v) is 4.68. The van der Waals surface area contributed by atoms with E-state index >= 15 is 0 Å². The van der Waals surface area contributed by atoms with Crippen molar-refractivity contribution >= 4 is 15.7 Å². The van der Waals surface area contributed by atoms with Gasteiger partial charge < -0.3 is 5.73 Å². The van der Waals surface area contributed by atoms with Crippen molar-refractivity contribution in [3.63, 3.8) is 0 Å². The molecule has 1 aliphatic heterocycles. The molecule has 1 aromatic rings. The Labute approximate surface area is 96.1 Å². The first kappa shape index (κ1) is 11.4. The van der Waals surface area contributed by atoms with E-state index in [0.717, 1.165) is 24.1 Å². The molecule has 1 saturated heterocycles. The molecule has 2 rings (SSSR count). The largest absolute Gasteiger partial charge is 0.326 e. The smallest absolute Gasteiger partial charge is 0.235 e. The molecule has 16 heavy (non-hydrogen) atoms. The van der Waals surface area contributed by atoms with Gasteiger partial charge in [0, 0.05) is 13.1 Å². The Morgan fingerprint density at radius 1 is 1.19 bits per heavy atom. The van der Waals surface area contributed by atoms with Gasteiger partial charge in [0.15, 0.2) is 0 Å². The zero-order chi connectivity index (χ0) is 11.6. The summed E-state index contributed by atoms with van der Waals surface area (Å²) < 4.78 is 25.2. The summed E-state index contributed by atoms with van der Waals surface area (Å²) in [7, 11) is -3.09. The molecular formula is C11H16N2O2S. The van der Waals surface area contributed by atoms with Gasteiger partial charge in [-0.05, 0) is 30.5 Å². The second-order valence-electron chi connectivity index (χ2n) is 3.97. The lowest BCUT2D eigenvalue weighted by atomic mass is 10.2. The summed E-state index contributed by atoms with van der Waals surface area (Å²) in [5.74, 6) is 0.256. The van der Waals surface area contributed by atoms with Gasteiger partial charge in [-0.3, -0.25) is 4.31 Å². The molecule has 0 spiro atoms. The third-order valence-electron chi connectivity index (χ3n) is 2.81. The average Bonchev–Trinajstić information content (AvgIpc) is 2.29. The van der Waals surface area contributed by atoms with Crippen LogP contribution in [0.4, 0.5) is 5.69 Å². The van der Waals surface area contributed by atoms with Crippen molar-refractivity contribution in [1.82, 2.24) is 0 Å². The average molecular weight is 240 g/mol. The zero-order valence-electron chi connectivity index (χ0n) is 9.09. The topological polar surface area (TPSA) is 63.4 Å². The molecule has 0 unspecified atom stereocenters. The molecule has 0 saturated carbocycles. The number of rotatable bonds is 2. The Morgan fingerprint density at radius 3 is 2.44 bits per heavy atom. The first-order chi connectivity index (χ1) is 7.63. The van der Waals surface area contributed by atoms with Gasteiger partial charge in [0.25, 0.3) is 0 Å². The highest BCUT2D eigenvalue weighted by Gasteiger charge is 2.25. The molecule has 0 atom stereocenters. The van der Waals surface area contributed by atoms with E-state index in [2.05, 4.69) is 0 Å². The second kappa shape index (κ2) is 4.43. The zero-order valence-corrected chi connectivity index (χ0v) is 9.91. The van der Waals surface area contributed by atoms with Crippen LogP contribution in [0.3, 0.4) is 0 Å². The molecule has 0 amide bonds. The summed E-state index contributed by atoms with van der Waals surface area (Å²) in [4.78, 5) is 0. The minimum atomic E-state index is -3.09. The Morgan fingerprint density at radius 2 is 1.88 bits per heavy atom. The van der Waals surface area contributed by atoms with Gasteiger partial charge in [0.1, 0.15) is 0 Å². The van der Waals surface area contributed by atoms with Crippen molar-refractivity contribution in [3.05, 3.63) is 29.8 Å². The molecule has 1 aromatic carbocycles. The molecule has 0 aliphatic carbocycles. The van der Waals surface area contributed by atoms with Crippen LogP contribution in [-0.4, -0.2) is 20.7 Å². The van der Waals surface area contributed by atoms with Gasteiger partial charge in [-0.2, -0.15) is 0 Å². The fourth-order valence-corrected chi connectivity index (χ4v) is 3.52. The number of hydrogen-bond acceptors (Lipinski definition) is 3. The van der Waals surface area contributed by atoms with Crippen LogP contribution >= 0.6 is 0 Å². The number of hydrogen-bond donors (Lipinski definition) is 1. The van der Waals surface area contributed by atoms with E-state index in [-0.39, 0.29) is 5.75 Å². The van der Waals surface area contributed by atoms with E-state index in [1.165, 1.54) is 4.31 Å². The highest BCUT2D eigenvalue weighted by molar-refractivity contribution is 7.92. The fraction of sp³-hybridized carbons (Fsp3) is 0.455. The van der Waals surface area contributed by atoms with E-state index in [1.807, 2.05) is 24.3 Å². The monoisotopic (exact) mass is 240 g/mol. The minimum Gasteiger partial charge on any atom is -0.326 e. The number of benzene rings is 1. The molecule has 1 fully saturated rings. The summed E-state index contributed by atoms with van der Waals surface area (Å²) in [5.41, 5.74) is 7.26. The maximum atomic E-state index is 11.8. The van der Waals surface area contributed by atoms with E-state index in [0.29, 0.717) is 13.1 Å². The first-order valence-corrected chi connectivity index (χ1v) is 7.04. The van der Waals surface area contributed by atoms with Gasteiger partial charge in [0.05, 0.1) is 11.4 Å². The van der Waals surface area contributed by atoms with Gasteiger partial charge >= 0.3 is 0 Å². The minimum absolute atomic E-state index is 0.256. The molecule has 5 heteroatoms. The summed E-state index contributed by atoms with van der Waals surface area (Å²) in [5, 5.41) is 0. The molecular weight excluding hydrogens is 224 g/mol. The van der Waals surface area contributed by atoms with Crippen molar-refractivity contribution in [2.75, 3.05) is 16.6 Å². The predicted octanol–water partition coefficient (Wildman–Crippen LogP) is 1.08. The highest BCUT2D eigenvalue weighted by atomic mass is 32.2. The van der Waals surface area contributed by atoms with E-state index < -0.39 is 10.0 Å². The normalized spacial score (nSPS) is 19.7. The van der Waals surface area contributed by atoms with Crippen molar-refractivity contribution in [2.45, 2.75) is 19.4 Å². The van der Waals surface area contributed by atoms with Crippen LogP contribution < -0.4 is 10.0 Å². The highest BCUT2D eigenvalue weighted by Crippen LogP contribution is 2.23.